The van der Waals surface area contributed by atoms with Crippen LogP contribution >= 0.6 is 0 Å². The third-order valence-corrected chi connectivity index (χ3v) is 2.29. The van der Waals surface area contributed by atoms with Crippen molar-refractivity contribution >= 4 is 29.4 Å². The fourth-order valence-electron chi connectivity index (χ4n) is 1.36. The number of carboxylic acid groups (broad SMARTS) is 1. The van der Waals surface area contributed by atoms with Crippen LogP contribution in [0.2, 0.25) is 0 Å². The fourth-order valence-corrected chi connectivity index (χ4v) is 1.36. The van der Waals surface area contributed by atoms with Crippen LogP contribution in [-0.4, -0.2) is 35.6 Å². The highest BCUT2D eigenvalue weighted by Gasteiger charge is 2.14. The summed E-state index contributed by atoms with van der Waals surface area (Å²) < 4.78 is 4.41. The Hall–Kier alpha value is -2.90. The molecule has 1 aromatic carbocycles. The highest BCUT2D eigenvalue weighted by atomic mass is 16.6. The van der Waals surface area contributed by atoms with Crippen LogP contribution in [0.1, 0.15) is 5.56 Å². The minimum Gasteiger partial charge on any atom is -0.478 e. The first-order chi connectivity index (χ1) is 9.43. The third kappa shape index (κ3) is 4.41. The van der Waals surface area contributed by atoms with E-state index in [2.05, 4.69) is 10.1 Å². The Kier molecular flexibility index (Phi) is 5.21. The van der Waals surface area contributed by atoms with Crippen molar-refractivity contribution in [1.29, 1.82) is 0 Å². The summed E-state index contributed by atoms with van der Waals surface area (Å²) in [6, 6.07) is 4.09. The Labute approximate surface area is 113 Å². The van der Waals surface area contributed by atoms with Gasteiger partial charge in [0.2, 0.25) is 0 Å². The molecule has 1 rings (SSSR count). The van der Waals surface area contributed by atoms with Crippen molar-refractivity contribution in [3.05, 3.63) is 40.0 Å². The van der Waals surface area contributed by atoms with Gasteiger partial charge in [0.25, 0.3) is 5.69 Å². The molecule has 0 aliphatic rings. The molecule has 0 aliphatic heterocycles. The van der Waals surface area contributed by atoms with E-state index in [0.29, 0.717) is 5.56 Å². The molecule has 8 nitrogen and oxygen atoms in total. The van der Waals surface area contributed by atoms with Gasteiger partial charge in [0.1, 0.15) is 12.2 Å². The molecule has 0 aliphatic carbocycles. The summed E-state index contributed by atoms with van der Waals surface area (Å²) in [5.74, 6) is -1.71. The SMILES string of the molecule is COC(=O)CNc1ccc(/C=C/C(=O)O)cc1[N+](=O)[O-]. The molecule has 0 heterocycles. The third-order valence-electron chi connectivity index (χ3n) is 2.29. The van der Waals surface area contributed by atoms with Crippen molar-refractivity contribution in [2.24, 2.45) is 0 Å². The molecule has 0 saturated heterocycles. The van der Waals surface area contributed by atoms with E-state index in [9.17, 15) is 19.7 Å². The molecule has 1 aromatic rings. The average Bonchev–Trinajstić information content (AvgIpc) is 2.42. The highest BCUT2D eigenvalue weighted by molar-refractivity contribution is 5.86. The van der Waals surface area contributed by atoms with E-state index in [1.54, 1.807) is 0 Å². The Morgan fingerprint density at radius 3 is 2.75 bits per heavy atom. The largest absolute Gasteiger partial charge is 0.478 e. The molecule has 106 valence electrons. The summed E-state index contributed by atoms with van der Waals surface area (Å²) in [7, 11) is 1.21. The lowest BCUT2D eigenvalue weighted by Gasteiger charge is -2.06. The lowest BCUT2D eigenvalue weighted by atomic mass is 10.1. The van der Waals surface area contributed by atoms with Crippen LogP contribution < -0.4 is 5.32 Å². The fraction of sp³-hybridized carbons (Fsp3) is 0.167. The molecule has 0 saturated carbocycles. The first-order valence-corrected chi connectivity index (χ1v) is 5.44. The Balaban J connectivity index is 2.99. The van der Waals surface area contributed by atoms with Gasteiger partial charge in [0, 0.05) is 12.1 Å². The quantitative estimate of drug-likeness (QED) is 0.348. The zero-order valence-corrected chi connectivity index (χ0v) is 10.5. The van der Waals surface area contributed by atoms with Gasteiger partial charge in [-0.25, -0.2) is 4.79 Å². The maximum absolute atomic E-state index is 11.0. The summed E-state index contributed by atoms with van der Waals surface area (Å²) in [4.78, 5) is 31.7. The number of nitrogens with one attached hydrogen (secondary N) is 1. The minimum atomic E-state index is -1.15. The molecule has 0 fully saturated rings. The number of methoxy groups -OCH3 is 1. The van der Waals surface area contributed by atoms with Crippen LogP contribution in [-0.2, 0) is 14.3 Å². The molecule has 0 spiro atoms. The molecular weight excluding hydrogens is 268 g/mol. The lowest BCUT2D eigenvalue weighted by Crippen LogP contribution is -2.15. The van der Waals surface area contributed by atoms with Gasteiger partial charge in [-0.1, -0.05) is 6.07 Å². The molecule has 2 N–H and O–H groups in total. The summed E-state index contributed by atoms with van der Waals surface area (Å²) >= 11 is 0. The molecule has 0 unspecified atom stereocenters. The molecule has 0 bridgehead atoms. The molecule has 8 heteroatoms. The number of carboxylic acids is 1. The minimum absolute atomic E-state index is 0.146. The number of benzene rings is 1. The van der Waals surface area contributed by atoms with Crippen LogP contribution in [0, 0.1) is 10.1 Å². The lowest BCUT2D eigenvalue weighted by molar-refractivity contribution is -0.384. The Bertz CT molecular complexity index is 567. The number of nitro benzene ring substituents is 1. The van der Waals surface area contributed by atoms with E-state index in [-0.39, 0.29) is 17.9 Å². The predicted molar refractivity (Wildman–Crippen MR) is 70.3 cm³/mol. The van der Waals surface area contributed by atoms with Gasteiger partial charge in [-0.05, 0) is 17.7 Å². The summed E-state index contributed by atoms with van der Waals surface area (Å²) in [5, 5.41) is 22.0. The van der Waals surface area contributed by atoms with Gasteiger partial charge >= 0.3 is 11.9 Å². The smallest absolute Gasteiger partial charge is 0.328 e. The normalized spacial score (nSPS) is 10.2. The van der Waals surface area contributed by atoms with E-state index in [1.807, 2.05) is 0 Å². The van der Waals surface area contributed by atoms with Crippen molar-refractivity contribution < 1.29 is 24.4 Å². The number of carbonyl (C=O) groups excluding carboxylic acids is 1. The molecule has 0 amide bonds. The van der Waals surface area contributed by atoms with Crippen molar-refractivity contribution in [3.8, 4) is 0 Å². The Morgan fingerprint density at radius 1 is 1.50 bits per heavy atom. The number of hydrogen-bond donors (Lipinski definition) is 2. The summed E-state index contributed by atoms with van der Waals surface area (Å²) in [5.41, 5.74) is 0.247. The second-order valence-corrected chi connectivity index (χ2v) is 3.63. The summed E-state index contributed by atoms with van der Waals surface area (Å²) in [6.45, 7) is -0.207. The van der Waals surface area contributed by atoms with Gasteiger partial charge in [-0.15, -0.1) is 0 Å². The zero-order valence-electron chi connectivity index (χ0n) is 10.5. The number of nitro groups is 1. The summed E-state index contributed by atoms with van der Waals surface area (Å²) in [6.07, 6.45) is 2.11. The Morgan fingerprint density at radius 2 is 2.20 bits per heavy atom. The first kappa shape index (κ1) is 15.2. The van der Waals surface area contributed by atoms with E-state index < -0.39 is 16.9 Å². The molecular formula is C12H12N2O6. The van der Waals surface area contributed by atoms with Gasteiger partial charge in [-0.3, -0.25) is 14.9 Å². The van der Waals surface area contributed by atoms with E-state index in [1.165, 1.54) is 31.4 Å². The number of hydrogen-bond acceptors (Lipinski definition) is 6. The number of esters is 1. The highest BCUT2D eigenvalue weighted by Crippen LogP contribution is 2.26. The van der Waals surface area contributed by atoms with Crippen molar-refractivity contribution in [2.75, 3.05) is 19.0 Å². The van der Waals surface area contributed by atoms with Gasteiger partial charge in [0.05, 0.1) is 12.0 Å². The average molecular weight is 280 g/mol. The molecule has 0 atom stereocenters. The standard InChI is InChI=1S/C12H12N2O6/c1-20-12(17)7-13-9-4-2-8(3-5-11(15)16)6-10(9)14(18)19/h2-6,13H,7H2,1H3,(H,15,16)/b5-3+. The predicted octanol–water partition coefficient (Wildman–Crippen LogP) is 1.28. The molecule has 0 radical (unpaired) electrons. The molecule has 20 heavy (non-hydrogen) atoms. The number of rotatable bonds is 6. The van der Waals surface area contributed by atoms with Crippen LogP contribution in [0.25, 0.3) is 6.08 Å². The number of nitrogens with zero attached hydrogens (tertiary/aromatic N) is 1. The van der Waals surface area contributed by atoms with Crippen molar-refractivity contribution in [2.45, 2.75) is 0 Å². The van der Waals surface area contributed by atoms with Gasteiger partial charge < -0.3 is 15.2 Å². The first-order valence-electron chi connectivity index (χ1n) is 5.44. The number of ether oxygens (including phenoxy) is 1. The zero-order chi connectivity index (χ0) is 15.1. The van der Waals surface area contributed by atoms with Crippen LogP contribution in [0.3, 0.4) is 0 Å². The van der Waals surface area contributed by atoms with Crippen LogP contribution in [0.4, 0.5) is 11.4 Å². The van der Waals surface area contributed by atoms with Gasteiger partial charge in [0.15, 0.2) is 0 Å². The number of aliphatic carboxylic acids is 1. The van der Waals surface area contributed by atoms with E-state index in [0.717, 1.165) is 6.08 Å². The van der Waals surface area contributed by atoms with E-state index in [4.69, 9.17) is 5.11 Å². The topological polar surface area (TPSA) is 119 Å². The number of carbonyl (C=O) groups is 2. The van der Waals surface area contributed by atoms with Crippen LogP contribution in [0.5, 0.6) is 0 Å². The number of anilines is 1. The monoisotopic (exact) mass is 280 g/mol. The van der Waals surface area contributed by atoms with Crippen molar-refractivity contribution in [3.63, 3.8) is 0 Å². The second-order valence-electron chi connectivity index (χ2n) is 3.63. The van der Waals surface area contributed by atoms with E-state index >= 15 is 0 Å². The molecule has 0 aromatic heterocycles. The maximum atomic E-state index is 11.0. The van der Waals surface area contributed by atoms with Crippen LogP contribution in [0.15, 0.2) is 24.3 Å². The van der Waals surface area contributed by atoms with Gasteiger partial charge in [-0.2, -0.15) is 0 Å². The second kappa shape index (κ2) is 6.88. The maximum Gasteiger partial charge on any atom is 0.328 e. The van der Waals surface area contributed by atoms with Crippen molar-refractivity contribution in [1.82, 2.24) is 0 Å².